The number of aryl methyl sites for hydroxylation is 1. The van der Waals surface area contributed by atoms with E-state index in [1.54, 1.807) is 23.7 Å². The van der Waals surface area contributed by atoms with Crippen LogP contribution in [-0.4, -0.2) is 42.5 Å². The Balaban J connectivity index is 1.88. The van der Waals surface area contributed by atoms with Crippen molar-refractivity contribution in [2.75, 3.05) is 19.3 Å². The molecule has 10 heteroatoms. The minimum absolute atomic E-state index is 0.234. The minimum Gasteiger partial charge on any atom is -0.318 e. The van der Waals surface area contributed by atoms with E-state index >= 15 is 0 Å². The molecule has 0 atom stereocenters. The summed E-state index contributed by atoms with van der Waals surface area (Å²) in [5.74, 6) is -0.503. The second-order valence-corrected chi connectivity index (χ2v) is 9.81. The van der Waals surface area contributed by atoms with Crippen LogP contribution in [-0.2, 0) is 21.9 Å². The summed E-state index contributed by atoms with van der Waals surface area (Å²) in [5, 5.41) is 1.11. The zero-order valence-corrected chi connectivity index (χ0v) is 16.8. The number of amides is 1. The highest BCUT2D eigenvalue weighted by molar-refractivity contribution is 7.88. The van der Waals surface area contributed by atoms with Crippen LogP contribution in [0, 0.1) is 5.92 Å². The molecule has 2 aromatic rings. The smallest absolute Gasteiger partial charge is 0.251 e. The molecule has 1 fully saturated rings. The summed E-state index contributed by atoms with van der Waals surface area (Å²) in [6, 6.07) is 3.43. The molecule has 1 amide bonds. The lowest BCUT2D eigenvalue weighted by atomic mass is 9.98. The second-order valence-electron chi connectivity index (χ2n) is 6.04. The molecular formula is C15H17Cl2N3O3S2. The van der Waals surface area contributed by atoms with Gasteiger partial charge in [0, 0.05) is 26.1 Å². The Hall–Kier alpha value is -0.930. The third kappa shape index (κ3) is 3.78. The summed E-state index contributed by atoms with van der Waals surface area (Å²) >= 11 is 13.8. The van der Waals surface area contributed by atoms with E-state index in [1.165, 1.54) is 21.9 Å². The predicted octanol–water partition coefficient (Wildman–Crippen LogP) is 2.65. The van der Waals surface area contributed by atoms with Gasteiger partial charge in [0.15, 0.2) is 4.80 Å². The molecule has 0 N–H and O–H groups in total. The number of nitrogens with zero attached hydrogens (tertiary/aromatic N) is 3. The molecule has 0 bridgehead atoms. The number of halogens is 2. The average Bonchev–Trinajstić information content (AvgIpc) is 2.88. The molecule has 1 aliphatic heterocycles. The van der Waals surface area contributed by atoms with Gasteiger partial charge in [-0.15, -0.1) is 0 Å². The van der Waals surface area contributed by atoms with E-state index in [4.69, 9.17) is 23.2 Å². The molecule has 2 heterocycles. The van der Waals surface area contributed by atoms with Crippen molar-refractivity contribution in [3.63, 3.8) is 0 Å². The third-order valence-electron chi connectivity index (χ3n) is 4.33. The van der Waals surface area contributed by atoms with Gasteiger partial charge in [0.25, 0.3) is 5.91 Å². The SMILES string of the molecule is Cn1c(=NC(=O)C2CCN(S(C)(=O)=O)CC2)sc2c(Cl)ccc(Cl)c21. The van der Waals surface area contributed by atoms with Crippen LogP contribution in [0.1, 0.15) is 12.8 Å². The predicted molar refractivity (Wildman–Crippen MR) is 101 cm³/mol. The molecule has 0 spiro atoms. The number of piperidine rings is 1. The van der Waals surface area contributed by atoms with Gasteiger partial charge in [0.2, 0.25) is 10.0 Å². The number of aromatic nitrogens is 1. The van der Waals surface area contributed by atoms with E-state index in [1.807, 2.05) is 0 Å². The Morgan fingerprint density at radius 1 is 1.24 bits per heavy atom. The number of sulfonamides is 1. The van der Waals surface area contributed by atoms with Crippen LogP contribution in [0.25, 0.3) is 10.2 Å². The minimum atomic E-state index is -3.21. The summed E-state index contributed by atoms with van der Waals surface area (Å²) < 4.78 is 27.1. The lowest BCUT2D eigenvalue weighted by Gasteiger charge is -2.28. The molecule has 6 nitrogen and oxygen atoms in total. The molecule has 25 heavy (non-hydrogen) atoms. The fraction of sp³-hybridized carbons (Fsp3) is 0.467. The summed E-state index contributed by atoms with van der Waals surface area (Å²) in [7, 11) is -1.42. The van der Waals surface area contributed by atoms with Crippen LogP contribution in [0.4, 0.5) is 0 Å². The number of rotatable bonds is 2. The molecule has 1 aromatic heterocycles. The van der Waals surface area contributed by atoms with Gasteiger partial charge in [-0.1, -0.05) is 34.5 Å². The van der Waals surface area contributed by atoms with Gasteiger partial charge in [-0.05, 0) is 25.0 Å². The zero-order valence-electron chi connectivity index (χ0n) is 13.7. The Kier molecular flexibility index (Phi) is 5.28. The first-order valence-electron chi connectivity index (χ1n) is 7.65. The Bertz CT molecular complexity index is 1000. The second kappa shape index (κ2) is 7.00. The molecule has 0 radical (unpaired) electrons. The van der Waals surface area contributed by atoms with E-state index < -0.39 is 10.0 Å². The Morgan fingerprint density at radius 3 is 2.40 bits per heavy atom. The Labute approximate surface area is 159 Å². The highest BCUT2D eigenvalue weighted by atomic mass is 35.5. The van der Waals surface area contributed by atoms with Gasteiger partial charge in [-0.2, -0.15) is 4.99 Å². The van der Waals surface area contributed by atoms with Crippen molar-refractivity contribution in [2.45, 2.75) is 12.8 Å². The summed E-state index contributed by atoms with van der Waals surface area (Å²) in [6.45, 7) is 0.696. The topological polar surface area (TPSA) is 71.7 Å². The number of benzene rings is 1. The van der Waals surface area contributed by atoms with Crippen LogP contribution in [0.3, 0.4) is 0 Å². The molecule has 136 valence electrons. The fourth-order valence-electron chi connectivity index (χ4n) is 2.91. The molecule has 3 rings (SSSR count). The summed E-state index contributed by atoms with van der Waals surface area (Å²) in [4.78, 5) is 17.3. The Morgan fingerprint density at radius 2 is 1.84 bits per heavy atom. The molecule has 1 aliphatic rings. The highest BCUT2D eigenvalue weighted by Crippen LogP contribution is 2.31. The maximum Gasteiger partial charge on any atom is 0.251 e. The lowest BCUT2D eigenvalue weighted by molar-refractivity contribution is -0.122. The van der Waals surface area contributed by atoms with Crippen LogP contribution < -0.4 is 4.80 Å². The van der Waals surface area contributed by atoms with Crippen molar-refractivity contribution in [1.29, 1.82) is 0 Å². The van der Waals surface area contributed by atoms with Crippen LogP contribution in [0.5, 0.6) is 0 Å². The van der Waals surface area contributed by atoms with Gasteiger partial charge in [0.05, 0.1) is 26.5 Å². The number of thiazole rings is 1. The maximum atomic E-state index is 12.5. The molecule has 1 aromatic carbocycles. The molecule has 1 saturated heterocycles. The number of fused-ring (bicyclic) bond motifs is 1. The van der Waals surface area contributed by atoms with Crippen molar-refractivity contribution < 1.29 is 13.2 Å². The molecule has 0 unspecified atom stereocenters. The fourth-order valence-corrected chi connectivity index (χ4v) is 5.44. The largest absolute Gasteiger partial charge is 0.318 e. The number of hydrogen-bond donors (Lipinski definition) is 0. The van der Waals surface area contributed by atoms with Crippen molar-refractivity contribution >= 4 is 60.7 Å². The molecule has 0 aliphatic carbocycles. The van der Waals surface area contributed by atoms with E-state index in [0.29, 0.717) is 40.8 Å². The average molecular weight is 422 g/mol. The first-order valence-corrected chi connectivity index (χ1v) is 11.1. The van der Waals surface area contributed by atoms with Crippen LogP contribution in [0.15, 0.2) is 17.1 Å². The van der Waals surface area contributed by atoms with E-state index in [0.717, 1.165) is 10.2 Å². The summed E-state index contributed by atoms with van der Waals surface area (Å²) in [6.07, 6.45) is 2.14. The molecule has 0 saturated carbocycles. The third-order valence-corrected chi connectivity index (χ3v) is 7.53. The number of carbonyl (C=O) groups is 1. The van der Waals surface area contributed by atoms with Crippen LogP contribution in [0.2, 0.25) is 10.0 Å². The van der Waals surface area contributed by atoms with E-state index in [2.05, 4.69) is 4.99 Å². The van der Waals surface area contributed by atoms with Gasteiger partial charge in [-0.25, -0.2) is 12.7 Å². The van der Waals surface area contributed by atoms with Gasteiger partial charge in [0.1, 0.15) is 0 Å². The van der Waals surface area contributed by atoms with Crippen molar-refractivity contribution in [3.8, 4) is 0 Å². The van der Waals surface area contributed by atoms with Gasteiger partial charge >= 0.3 is 0 Å². The van der Waals surface area contributed by atoms with Crippen molar-refractivity contribution in [3.05, 3.63) is 27.0 Å². The van der Waals surface area contributed by atoms with Crippen molar-refractivity contribution in [2.24, 2.45) is 18.0 Å². The normalized spacial score (nSPS) is 18.2. The van der Waals surface area contributed by atoms with E-state index in [-0.39, 0.29) is 11.8 Å². The zero-order chi connectivity index (χ0) is 18.4. The standard InChI is InChI=1S/C15H17Cl2N3O3S2/c1-19-12-10(16)3-4-11(17)13(12)24-15(19)18-14(21)9-5-7-20(8-6-9)25(2,22)23/h3-4,9H,5-8H2,1-2H3. The maximum absolute atomic E-state index is 12.5. The summed E-state index contributed by atoms with van der Waals surface area (Å²) in [5.41, 5.74) is 0.748. The first kappa shape index (κ1) is 18.8. The van der Waals surface area contributed by atoms with Crippen LogP contribution >= 0.6 is 34.5 Å². The highest BCUT2D eigenvalue weighted by Gasteiger charge is 2.29. The molecular weight excluding hydrogens is 405 g/mol. The van der Waals surface area contributed by atoms with Gasteiger partial charge < -0.3 is 4.57 Å². The number of carbonyl (C=O) groups excluding carboxylic acids is 1. The number of hydrogen-bond acceptors (Lipinski definition) is 4. The lowest BCUT2D eigenvalue weighted by Crippen LogP contribution is -2.39. The van der Waals surface area contributed by atoms with Gasteiger partial charge in [-0.3, -0.25) is 4.79 Å². The monoisotopic (exact) mass is 421 g/mol. The van der Waals surface area contributed by atoms with E-state index in [9.17, 15) is 13.2 Å². The van der Waals surface area contributed by atoms with Crippen molar-refractivity contribution in [1.82, 2.24) is 8.87 Å². The quantitative estimate of drug-likeness (QED) is 0.747. The first-order chi connectivity index (χ1) is 11.7.